The number of alkyl halides is 3. The van der Waals surface area contributed by atoms with Crippen LogP contribution in [0.2, 0.25) is 0 Å². The molecule has 25 heavy (non-hydrogen) atoms. The zero-order valence-electron chi connectivity index (χ0n) is 13.5. The van der Waals surface area contributed by atoms with Gasteiger partial charge in [0.2, 0.25) is 0 Å². The second-order valence-corrected chi connectivity index (χ2v) is 7.50. The number of nitrogens with zero attached hydrogens (tertiary/aromatic N) is 2. The van der Waals surface area contributed by atoms with Crippen molar-refractivity contribution in [1.82, 2.24) is 4.90 Å². The number of likely N-dealkylation sites (tertiary alicyclic amines) is 1. The van der Waals surface area contributed by atoms with Gasteiger partial charge in [-0.2, -0.15) is 13.2 Å². The number of guanidine groups is 1. The Morgan fingerprint density at radius 1 is 1.16 bits per heavy atom. The van der Waals surface area contributed by atoms with Crippen molar-refractivity contribution in [3.05, 3.63) is 24.3 Å². The molecule has 0 radical (unpaired) electrons. The van der Waals surface area contributed by atoms with E-state index in [1.54, 1.807) is 0 Å². The number of nitrogens with two attached hydrogens (primary N) is 1. The molecule has 2 N–H and O–H groups in total. The van der Waals surface area contributed by atoms with E-state index in [9.17, 15) is 21.6 Å². The predicted molar refractivity (Wildman–Crippen MR) is 87.1 cm³/mol. The Bertz CT molecular complexity index is 697. The normalized spacial score (nSPS) is 16.8. The molecule has 2 rings (SSSR count). The highest BCUT2D eigenvalue weighted by atomic mass is 32.2. The molecule has 0 amide bonds. The number of sulfone groups is 1. The molecular weight excluding hydrogens is 359 g/mol. The molecule has 1 aliphatic heterocycles. The number of rotatable bonds is 5. The van der Waals surface area contributed by atoms with E-state index in [0.29, 0.717) is 12.5 Å². The molecule has 0 atom stereocenters. The fourth-order valence-electron chi connectivity index (χ4n) is 2.40. The molecule has 1 aromatic carbocycles. The van der Waals surface area contributed by atoms with Crippen LogP contribution in [0.4, 0.5) is 13.2 Å². The Labute approximate surface area is 144 Å². The van der Waals surface area contributed by atoms with Gasteiger partial charge in [0, 0.05) is 13.1 Å². The smallest absolute Gasteiger partial charge is 0.492 e. The summed E-state index contributed by atoms with van der Waals surface area (Å²) in [6.45, 7) is 2.24. The van der Waals surface area contributed by atoms with Gasteiger partial charge in [-0.15, -0.1) is 0 Å². The highest BCUT2D eigenvalue weighted by Gasteiger charge is 2.46. The van der Waals surface area contributed by atoms with Crippen molar-refractivity contribution in [2.75, 3.05) is 26.2 Å². The van der Waals surface area contributed by atoms with E-state index >= 15 is 0 Å². The maximum absolute atomic E-state index is 12.4. The van der Waals surface area contributed by atoms with Gasteiger partial charge in [-0.1, -0.05) is 0 Å². The standard InChI is InChI=1S/C15H20F3N3O3S/c16-15(17,18)25(22,23)13-6-4-12(5-7-13)24-11-8-20-14(19)21-9-2-1-3-10-21/h4-7H,1-3,8-11H2,(H2,19,20). The van der Waals surface area contributed by atoms with Crippen LogP contribution < -0.4 is 10.5 Å². The third kappa shape index (κ3) is 5.00. The quantitative estimate of drug-likeness (QED) is 0.481. The van der Waals surface area contributed by atoms with Crippen molar-refractivity contribution < 1.29 is 26.3 Å². The maximum atomic E-state index is 12.4. The third-order valence-corrected chi connectivity index (χ3v) is 5.25. The molecule has 1 aliphatic rings. The van der Waals surface area contributed by atoms with Gasteiger partial charge in [0.15, 0.2) is 5.96 Å². The lowest BCUT2D eigenvalue weighted by Gasteiger charge is -2.27. The lowest BCUT2D eigenvalue weighted by atomic mass is 10.1. The van der Waals surface area contributed by atoms with E-state index in [1.165, 1.54) is 18.6 Å². The summed E-state index contributed by atoms with van der Waals surface area (Å²) in [6, 6.07) is 4.08. The molecular formula is C15H20F3N3O3S. The van der Waals surface area contributed by atoms with Crippen molar-refractivity contribution >= 4 is 15.8 Å². The summed E-state index contributed by atoms with van der Waals surface area (Å²) in [4.78, 5) is 5.38. The van der Waals surface area contributed by atoms with Crippen LogP contribution in [0.15, 0.2) is 34.2 Å². The van der Waals surface area contributed by atoms with Crippen molar-refractivity contribution in [2.24, 2.45) is 10.7 Å². The van der Waals surface area contributed by atoms with Crippen molar-refractivity contribution in [3.63, 3.8) is 0 Å². The number of aliphatic imine (C=N–C) groups is 1. The van der Waals surface area contributed by atoms with E-state index in [0.717, 1.165) is 38.1 Å². The van der Waals surface area contributed by atoms with Crippen LogP contribution in [-0.4, -0.2) is 51.0 Å². The van der Waals surface area contributed by atoms with Crippen LogP contribution in [0, 0.1) is 0 Å². The second-order valence-electron chi connectivity index (χ2n) is 5.56. The summed E-state index contributed by atoms with van der Waals surface area (Å²) in [7, 11) is -5.34. The Balaban J connectivity index is 1.86. The van der Waals surface area contributed by atoms with Gasteiger partial charge in [0.25, 0.3) is 9.84 Å². The first-order valence-electron chi connectivity index (χ1n) is 7.81. The molecule has 1 heterocycles. The number of benzene rings is 1. The molecule has 140 valence electrons. The van der Waals surface area contributed by atoms with Crippen LogP contribution in [0.3, 0.4) is 0 Å². The highest BCUT2D eigenvalue weighted by Crippen LogP contribution is 2.30. The van der Waals surface area contributed by atoms with E-state index < -0.39 is 20.2 Å². The summed E-state index contributed by atoms with van der Waals surface area (Å²) in [5.74, 6) is 0.711. The first-order chi connectivity index (χ1) is 11.7. The first kappa shape index (κ1) is 19.4. The van der Waals surface area contributed by atoms with Gasteiger partial charge in [-0.3, -0.25) is 0 Å². The van der Waals surface area contributed by atoms with Crippen LogP contribution in [-0.2, 0) is 9.84 Å². The molecule has 0 bridgehead atoms. The summed E-state index contributed by atoms with van der Waals surface area (Å²) in [5, 5.41) is 0. The number of piperidine rings is 1. The summed E-state index contributed by atoms with van der Waals surface area (Å²) < 4.78 is 65.2. The van der Waals surface area contributed by atoms with E-state index in [4.69, 9.17) is 10.5 Å². The average molecular weight is 379 g/mol. The molecule has 0 unspecified atom stereocenters. The molecule has 0 aliphatic carbocycles. The van der Waals surface area contributed by atoms with E-state index in [2.05, 4.69) is 4.99 Å². The zero-order chi connectivity index (χ0) is 18.5. The largest absolute Gasteiger partial charge is 0.501 e. The fraction of sp³-hybridized carbons (Fsp3) is 0.533. The Morgan fingerprint density at radius 3 is 2.32 bits per heavy atom. The SMILES string of the molecule is NC(=NCCOc1ccc(S(=O)(=O)C(F)(F)F)cc1)N1CCCCC1. The molecule has 0 aromatic heterocycles. The van der Waals surface area contributed by atoms with Gasteiger partial charge >= 0.3 is 5.51 Å². The van der Waals surface area contributed by atoms with Crippen molar-refractivity contribution in [2.45, 2.75) is 29.7 Å². The molecule has 10 heteroatoms. The molecule has 6 nitrogen and oxygen atoms in total. The van der Waals surface area contributed by atoms with Crippen molar-refractivity contribution in [1.29, 1.82) is 0 Å². The summed E-state index contributed by atoms with van der Waals surface area (Å²) in [6.07, 6.45) is 3.35. The Morgan fingerprint density at radius 2 is 1.76 bits per heavy atom. The number of ether oxygens (including phenoxy) is 1. The number of hydrogen-bond donors (Lipinski definition) is 1. The minimum atomic E-state index is -5.34. The van der Waals surface area contributed by atoms with Crippen LogP contribution in [0.1, 0.15) is 19.3 Å². The van der Waals surface area contributed by atoms with Crippen LogP contribution >= 0.6 is 0 Å². The van der Waals surface area contributed by atoms with Crippen LogP contribution in [0.5, 0.6) is 5.75 Å². The summed E-state index contributed by atoms with van der Waals surface area (Å²) in [5.41, 5.74) is 0.560. The minimum Gasteiger partial charge on any atom is -0.492 e. The molecule has 1 fully saturated rings. The third-order valence-electron chi connectivity index (χ3n) is 3.75. The van der Waals surface area contributed by atoms with Gasteiger partial charge in [0.05, 0.1) is 11.4 Å². The van der Waals surface area contributed by atoms with Gasteiger partial charge < -0.3 is 15.4 Å². The van der Waals surface area contributed by atoms with E-state index in [-0.39, 0.29) is 12.4 Å². The molecule has 1 saturated heterocycles. The second kappa shape index (κ2) is 7.94. The lowest BCUT2D eigenvalue weighted by molar-refractivity contribution is -0.0436. The van der Waals surface area contributed by atoms with E-state index in [1.807, 2.05) is 4.90 Å². The van der Waals surface area contributed by atoms with Crippen LogP contribution in [0.25, 0.3) is 0 Å². The minimum absolute atomic E-state index is 0.180. The zero-order valence-corrected chi connectivity index (χ0v) is 14.3. The Kier molecular flexibility index (Phi) is 6.15. The molecule has 0 spiro atoms. The fourth-order valence-corrected chi connectivity index (χ4v) is 3.16. The predicted octanol–water partition coefficient (Wildman–Crippen LogP) is 2.16. The average Bonchev–Trinajstić information content (AvgIpc) is 2.58. The maximum Gasteiger partial charge on any atom is 0.501 e. The molecule has 1 aromatic rings. The van der Waals surface area contributed by atoms with Gasteiger partial charge in [-0.05, 0) is 43.5 Å². The summed E-state index contributed by atoms with van der Waals surface area (Å²) >= 11 is 0. The monoisotopic (exact) mass is 379 g/mol. The topological polar surface area (TPSA) is 85.0 Å². The highest BCUT2D eigenvalue weighted by molar-refractivity contribution is 7.92. The van der Waals surface area contributed by atoms with Crippen molar-refractivity contribution in [3.8, 4) is 5.75 Å². The number of halogens is 3. The number of hydrogen-bond acceptors (Lipinski definition) is 4. The molecule has 0 saturated carbocycles. The van der Waals surface area contributed by atoms with Gasteiger partial charge in [0.1, 0.15) is 12.4 Å². The Hall–Kier alpha value is -1.97. The lowest BCUT2D eigenvalue weighted by Crippen LogP contribution is -2.41. The first-order valence-corrected chi connectivity index (χ1v) is 9.29. The van der Waals surface area contributed by atoms with Gasteiger partial charge in [-0.25, -0.2) is 13.4 Å².